The van der Waals surface area contributed by atoms with E-state index in [4.69, 9.17) is 16.1 Å². The first-order chi connectivity index (χ1) is 8.66. The van der Waals surface area contributed by atoms with Crippen molar-refractivity contribution in [3.8, 4) is 0 Å². The maximum Gasteiger partial charge on any atom is 0.289 e. The number of rotatable bonds is 4. The average molecular weight is 265 g/mol. The van der Waals surface area contributed by atoms with Gasteiger partial charge >= 0.3 is 0 Å². The van der Waals surface area contributed by atoms with Crippen LogP contribution in [0.25, 0.3) is 0 Å². The van der Waals surface area contributed by atoms with Crippen LogP contribution in [0.4, 0.5) is 0 Å². The lowest BCUT2D eigenvalue weighted by Crippen LogP contribution is -2.26. The molecule has 0 saturated carbocycles. The highest BCUT2D eigenvalue weighted by Gasteiger charge is 2.14. The second-order valence-electron chi connectivity index (χ2n) is 3.92. The third-order valence-corrected chi connectivity index (χ3v) is 2.86. The number of halogens is 1. The van der Waals surface area contributed by atoms with Gasteiger partial charge in [0, 0.05) is 12.6 Å². The van der Waals surface area contributed by atoms with Crippen LogP contribution in [0.5, 0.6) is 0 Å². The number of hydrogen-bond donors (Lipinski definition) is 1. The Balaban J connectivity index is 1.90. The molecule has 1 aromatic carbocycles. The molecule has 2 rings (SSSR count). The Morgan fingerprint density at radius 2 is 2.17 bits per heavy atom. The fraction of sp³-hybridized carbons (Fsp3) is 0.231. The summed E-state index contributed by atoms with van der Waals surface area (Å²) in [6.45, 7) is 2.10. The van der Waals surface area contributed by atoms with Crippen LogP contribution in [0.1, 0.15) is 27.2 Å². The zero-order chi connectivity index (χ0) is 13.0. The largest absolute Gasteiger partial charge is 0.351 e. The Hall–Kier alpha value is -1.81. The number of carbonyl (C=O) groups is 1. The molecule has 1 N–H and O–H groups in total. The van der Waals surface area contributed by atoms with Gasteiger partial charge in [-0.1, -0.05) is 35.5 Å². The van der Waals surface area contributed by atoms with Crippen LogP contribution in [-0.2, 0) is 0 Å². The second kappa shape index (κ2) is 5.69. The Bertz CT molecular complexity index is 525. The molecule has 0 aliphatic heterocycles. The van der Waals surface area contributed by atoms with Gasteiger partial charge in [0.1, 0.15) is 0 Å². The predicted molar refractivity (Wildman–Crippen MR) is 68.6 cm³/mol. The van der Waals surface area contributed by atoms with E-state index in [-0.39, 0.29) is 17.0 Å². The van der Waals surface area contributed by atoms with Crippen molar-refractivity contribution in [2.24, 2.45) is 0 Å². The van der Waals surface area contributed by atoms with E-state index in [0.717, 1.165) is 5.56 Å². The number of benzene rings is 1. The molecular weight excluding hydrogens is 252 g/mol. The van der Waals surface area contributed by atoms with Crippen LogP contribution in [0.3, 0.4) is 0 Å². The van der Waals surface area contributed by atoms with Crippen LogP contribution in [0.2, 0.25) is 0 Å². The summed E-state index contributed by atoms with van der Waals surface area (Å²) in [4.78, 5) is 11.7. The number of aryl methyl sites for hydroxylation is 1. The lowest BCUT2D eigenvalue weighted by atomic mass is 10.1. The van der Waals surface area contributed by atoms with Crippen LogP contribution >= 0.6 is 11.6 Å². The first-order valence-electron chi connectivity index (χ1n) is 5.57. The summed E-state index contributed by atoms with van der Waals surface area (Å²) in [5, 5.41) is 6.10. The predicted octanol–water partition coefficient (Wildman–Crippen LogP) is 2.69. The maximum atomic E-state index is 11.7. The number of nitrogens with zero attached hydrogens (tertiary/aromatic N) is 1. The van der Waals surface area contributed by atoms with Gasteiger partial charge in [-0.2, -0.15) is 0 Å². The lowest BCUT2D eigenvalue weighted by molar-refractivity contribution is 0.0916. The quantitative estimate of drug-likeness (QED) is 0.864. The van der Waals surface area contributed by atoms with Crippen molar-refractivity contribution in [2.45, 2.75) is 12.3 Å². The van der Waals surface area contributed by atoms with E-state index in [1.165, 1.54) is 0 Å². The highest BCUT2D eigenvalue weighted by atomic mass is 35.5. The summed E-state index contributed by atoms with van der Waals surface area (Å²) in [7, 11) is 0. The van der Waals surface area contributed by atoms with E-state index in [1.807, 2.05) is 30.3 Å². The monoisotopic (exact) mass is 264 g/mol. The maximum absolute atomic E-state index is 11.7. The van der Waals surface area contributed by atoms with Gasteiger partial charge in [0.2, 0.25) is 5.76 Å². The molecule has 0 radical (unpaired) electrons. The Morgan fingerprint density at radius 1 is 1.44 bits per heavy atom. The van der Waals surface area contributed by atoms with Gasteiger partial charge in [0.25, 0.3) is 5.91 Å². The van der Waals surface area contributed by atoms with Gasteiger partial charge in [-0.25, -0.2) is 0 Å². The molecular formula is C13H13ClN2O2. The summed E-state index contributed by atoms with van der Waals surface area (Å²) >= 11 is 6.18. The van der Waals surface area contributed by atoms with Crippen molar-refractivity contribution in [3.63, 3.8) is 0 Å². The SMILES string of the molecule is Cc1cc(C(=O)NCC(Cl)c2ccccc2)on1. The van der Waals surface area contributed by atoms with Crippen LogP contribution in [0, 0.1) is 6.92 Å². The highest BCUT2D eigenvalue weighted by Crippen LogP contribution is 2.18. The first kappa shape index (κ1) is 12.6. The van der Waals surface area contributed by atoms with E-state index in [2.05, 4.69) is 10.5 Å². The fourth-order valence-electron chi connectivity index (χ4n) is 1.52. The van der Waals surface area contributed by atoms with Crippen molar-refractivity contribution in [1.82, 2.24) is 10.5 Å². The van der Waals surface area contributed by atoms with E-state index < -0.39 is 0 Å². The molecule has 18 heavy (non-hydrogen) atoms. The van der Waals surface area contributed by atoms with Crippen molar-refractivity contribution in [2.75, 3.05) is 6.54 Å². The number of alkyl halides is 1. The summed E-state index contributed by atoms with van der Waals surface area (Å²) in [5.74, 6) is -0.110. The van der Waals surface area contributed by atoms with Gasteiger partial charge in [0.05, 0.1) is 11.1 Å². The number of aromatic nitrogens is 1. The molecule has 0 aliphatic rings. The molecule has 5 heteroatoms. The van der Waals surface area contributed by atoms with E-state index in [1.54, 1.807) is 13.0 Å². The van der Waals surface area contributed by atoms with Crippen LogP contribution in [0.15, 0.2) is 40.9 Å². The molecule has 1 amide bonds. The second-order valence-corrected chi connectivity index (χ2v) is 4.45. The normalized spacial score (nSPS) is 12.1. The Kier molecular flexibility index (Phi) is 3.99. The molecule has 0 saturated heterocycles. The summed E-state index contributed by atoms with van der Waals surface area (Å²) in [6, 6.07) is 11.2. The van der Waals surface area contributed by atoms with E-state index >= 15 is 0 Å². The Labute approximate surface area is 110 Å². The minimum Gasteiger partial charge on any atom is -0.351 e. The molecule has 1 unspecified atom stereocenters. The first-order valence-corrected chi connectivity index (χ1v) is 6.01. The van der Waals surface area contributed by atoms with Crippen LogP contribution in [-0.4, -0.2) is 17.6 Å². The standard InChI is InChI=1S/C13H13ClN2O2/c1-9-7-12(18-16-9)13(17)15-8-11(14)10-5-3-2-4-6-10/h2-7,11H,8H2,1H3,(H,15,17). The van der Waals surface area contributed by atoms with Crippen LogP contribution < -0.4 is 5.32 Å². The zero-order valence-corrected chi connectivity index (χ0v) is 10.6. The molecule has 2 aromatic rings. The van der Waals surface area contributed by atoms with E-state index in [0.29, 0.717) is 12.2 Å². The molecule has 0 fully saturated rings. The van der Waals surface area contributed by atoms with Crippen molar-refractivity contribution in [3.05, 3.63) is 53.4 Å². The minimum atomic E-state index is -0.308. The summed E-state index contributed by atoms with van der Waals surface area (Å²) in [6.07, 6.45) is 0. The number of hydrogen-bond acceptors (Lipinski definition) is 3. The van der Waals surface area contributed by atoms with Gasteiger partial charge in [-0.15, -0.1) is 11.6 Å². The minimum absolute atomic E-state index is 0.199. The van der Waals surface area contributed by atoms with Crippen molar-refractivity contribution in [1.29, 1.82) is 0 Å². The molecule has 0 bridgehead atoms. The topological polar surface area (TPSA) is 55.1 Å². The molecule has 1 aromatic heterocycles. The van der Waals surface area contributed by atoms with Crippen molar-refractivity contribution >= 4 is 17.5 Å². The summed E-state index contributed by atoms with van der Waals surface area (Å²) < 4.78 is 4.86. The fourth-order valence-corrected chi connectivity index (χ4v) is 1.74. The highest BCUT2D eigenvalue weighted by molar-refractivity contribution is 6.21. The van der Waals surface area contributed by atoms with Gasteiger partial charge in [-0.05, 0) is 12.5 Å². The smallest absolute Gasteiger partial charge is 0.289 e. The molecule has 0 aliphatic carbocycles. The summed E-state index contributed by atoms with van der Waals surface area (Å²) in [5.41, 5.74) is 1.64. The number of amides is 1. The lowest BCUT2D eigenvalue weighted by Gasteiger charge is -2.09. The molecule has 1 atom stereocenters. The molecule has 1 heterocycles. The third kappa shape index (κ3) is 3.11. The van der Waals surface area contributed by atoms with Gasteiger partial charge in [0.15, 0.2) is 0 Å². The number of nitrogens with one attached hydrogen (secondary N) is 1. The average Bonchev–Trinajstić information content (AvgIpc) is 2.83. The van der Waals surface area contributed by atoms with Crippen molar-refractivity contribution < 1.29 is 9.32 Å². The molecule has 94 valence electrons. The Morgan fingerprint density at radius 3 is 2.78 bits per heavy atom. The third-order valence-electron chi connectivity index (χ3n) is 2.45. The molecule has 4 nitrogen and oxygen atoms in total. The number of carbonyl (C=O) groups excluding carboxylic acids is 1. The van der Waals surface area contributed by atoms with E-state index in [9.17, 15) is 4.79 Å². The van der Waals surface area contributed by atoms with Gasteiger partial charge < -0.3 is 9.84 Å². The zero-order valence-electron chi connectivity index (χ0n) is 9.89. The van der Waals surface area contributed by atoms with Gasteiger partial charge in [-0.3, -0.25) is 4.79 Å². The molecule has 0 spiro atoms.